The Bertz CT molecular complexity index is 1260. The smallest absolute Gasteiger partial charge is 0.119 e. The molecule has 0 fully saturated rings. The van der Waals surface area contributed by atoms with Crippen molar-refractivity contribution < 1.29 is 4.74 Å². The number of halogens is 1. The molecule has 0 saturated heterocycles. The van der Waals surface area contributed by atoms with Gasteiger partial charge in [0.2, 0.25) is 0 Å². The van der Waals surface area contributed by atoms with E-state index in [0.717, 1.165) is 33.8 Å². The van der Waals surface area contributed by atoms with Gasteiger partial charge in [0.1, 0.15) is 11.4 Å². The van der Waals surface area contributed by atoms with E-state index >= 15 is 0 Å². The molecule has 1 heterocycles. The van der Waals surface area contributed by atoms with Gasteiger partial charge in [0.15, 0.2) is 0 Å². The van der Waals surface area contributed by atoms with Gasteiger partial charge in [0.05, 0.1) is 24.4 Å². The van der Waals surface area contributed by atoms with Gasteiger partial charge >= 0.3 is 0 Å². The van der Waals surface area contributed by atoms with Crippen LogP contribution in [0.15, 0.2) is 60.7 Å². The summed E-state index contributed by atoms with van der Waals surface area (Å²) in [5, 5.41) is 5.65. The third-order valence-corrected chi connectivity index (χ3v) is 6.28. The average molecular weight is 431 g/mol. The summed E-state index contributed by atoms with van der Waals surface area (Å²) in [6.45, 7) is 9.07. The maximum absolute atomic E-state index is 7.00. The molecule has 0 aliphatic heterocycles. The van der Waals surface area contributed by atoms with E-state index in [1.54, 1.807) is 7.11 Å². The molecule has 0 amide bonds. The second kappa shape index (κ2) is 8.60. The lowest BCUT2D eigenvalue weighted by atomic mass is 10.0. The van der Waals surface area contributed by atoms with Gasteiger partial charge in [-0.25, -0.2) is 0 Å². The molecule has 3 nitrogen and oxygen atoms in total. The van der Waals surface area contributed by atoms with Crippen LogP contribution in [-0.2, 0) is 6.54 Å². The minimum absolute atomic E-state index is 0.601. The molecule has 1 aromatic heterocycles. The maximum Gasteiger partial charge on any atom is 0.119 e. The standard InChI is InChI=1S/C27H27ClN2O/c1-17-9-11-22(13-19(17)3)26-25(28)27(23-12-10-18(2)20(4)14-23)30(29-26)16-21-7-6-8-24(15-21)31-5/h6-15H,16H2,1-5H3. The SMILES string of the molecule is COc1cccc(Cn2nc(-c3ccc(C)c(C)c3)c(Cl)c2-c2ccc(C)c(C)c2)c1. The molecule has 0 saturated carbocycles. The summed E-state index contributed by atoms with van der Waals surface area (Å²) >= 11 is 7.00. The zero-order valence-electron chi connectivity index (χ0n) is 18.7. The third kappa shape index (κ3) is 4.24. The fourth-order valence-corrected chi connectivity index (χ4v) is 4.09. The van der Waals surface area contributed by atoms with Gasteiger partial charge in [-0.1, -0.05) is 48.0 Å². The first-order valence-corrected chi connectivity index (χ1v) is 10.8. The molecule has 31 heavy (non-hydrogen) atoms. The summed E-state index contributed by atoms with van der Waals surface area (Å²) in [5.74, 6) is 0.831. The summed E-state index contributed by atoms with van der Waals surface area (Å²) in [6.07, 6.45) is 0. The average Bonchev–Trinajstić information content (AvgIpc) is 3.08. The first-order valence-electron chi connectivity index (χ1n) is 10.4. The van der Waals surface area contributed by atoms with Crippen LogP contribution in [0.1, 0.15) is 27.8 Å². The van der Waals surface area contributed by atoms with E-state index < -0.39 is 0 Å². The van der Waals surface area contributed by atoms with E-state index in [9.17, 15) is 0 Å². The number of methoxy groups -OCH3 is 1. The predicted molar refractivity (Wildman–Crippen MR) is 129 cm³/mol. The van der Waals surface area contributed by atoms with Gasteiger partial charge in [-0.3, -0.25) is 4.68 Å². The molecular formula is C27H27ClN2O. The number of nitrogens with zero attached hydrogens (tertiary/aromatic N) is 2. The van der Waals surface area contributed by atoms with Crippen LogP contribution in [0.25, 0.3) is 22.5 Å². The lowest BCUT2D eigenvalue weighted by molar-refractivity contribution is 0.414. The molecule has 0 N–H and O–H groups in total. The van der Waals surface area contributed by atoms with Crippen molar-refractivity contribution in [3.63, 3.8) is 0 Å². The highest BCUT2D eigenvalue weighted by Crippen LogP contribution is 2.38. The third-order valence-electron chi connectivity index (χ3n) is 5.92. The Balaban J connectivity index is 1.88. The quantitative estimate of drug-likeness (QED) is 0.335. The molecule has 158 valence electrons. The molecule has 3 aromatic carbocycles. The van der Waals surface area contributed by atoms with Crippen molar-refractivity contribution in [1.82, 2.24) is 9.78 Å². The van der Waals surface area contributed by atoms with Crippen LogP contribution < -0.4 is 4.74 Å². The van der Waals surface area contributed by atoms with Gasteiger partial charge < -0.3 is 4.74 Å². The summed E-state index contributed by atoms with van der Waals surface area (Å²) < 4.78 is 7.41. The molecule has 0 unspecified atom stereocenters. The van der Waals surface area contributed by atoms with Crippen molar-refractivity contribution in [2.24, 2.45) is 0 Å². The highest BCUT2D eigenvalue weighted by Gasteiger charge is 2.20. The van der Waals surface area contributed by atoms with Crippen LogP contribution in [-0.4, -0.2) is 16.9 Å². The molecular weight excluding hydrogens is 404 g/mol. The Hall–Kier alpha value is -3.04. The van der Waals surface area contributed by atoms with Crippen LogP contribution in [0.5, 0.6) is 5.75 Å². The fourth-order valence-electron chi connectivity index (χ4n) is 3.74. The van der Waals surface area contributed by atoms with Crippen molar-refractivity contribution in [2.75, 3.05) is 7.11 Å². The molecule has 4 rings (SSSR count). The van der Waals surface area contributed by atoms with E-state index in [0.29, 0.717) is 11.6 Å². The highest BCUT2D eigenvalue weighted by molar-refractivity contribution is 6.35. The fraction of sp³-hybridized carbons (Fsp3) is 0.222. The zero-order chi connectivity index (χ0) is 22.1. The van der Waals surface area contributed by atoms with Gasteiger partial charge in [0, 0.05) is 11.1 Å². The van der Waals surface area contributed by atoms with Crippen LogP contribution in [0.2, 0.25) is 5.02 Å². The number of hydrogen-bond acceptors (Lipinski definition) is 2. The summed E-state index contributed by atoms with van der Waals surface area (Å²) in [5.41, 5.74) is 9.91. The molecule has 4 heteroatoms. The topological polar surface area (TPSA) is 27.1 Å². The van der Waals surface area contributed by atoms with Gasteiger partial charge in [-0.05, 0) is 79.8 Å². The predicted octanol–water partition coefficient (Wildman–Crippen LogP) is 7.16. The van der Waals surface area contributed by atoms with Gasteiger partial charge in [0.25, 0.3) is 0 Å². The monoisotopic (exact) mass is 430 g/mol. The maximum atomic E-state index is 7.00. The second-order valence-corrected chi connectivity index (χ2v) is 8.50. The Kier molecular flexibility index (Phi) is 5.88. The van der Waals surface area contributed by atoms with Crippen LogP contribution in [0, 0.1) is 27.7 Å². The first-order chi connectivity index (χ1) is 14.9. The lowest BCUT2D eigenvalue weighted by Crippen LogP contribution is -2.04. The normalized spacial score (nSPS) is 11.0. The van der Waals surface area contributed by atoms with E-state index in [1.165, 1.54) is 22.3 Å². The largest absolute Gasteiger partial charge is 0.497 e. The Morgan fingerprint density at radius 3 is 2.10 bits per heavy atom. The summed E-state index contributed by atoms with van der Waals surface area (Å²) in [7, 11) is 1.68. The minimum Gasteiger partial charge on any atom is -0.497 e. The minimum atomic E-state index is 0.601. The number of ether oxygens (including phenoxy) is 1. The first kappa shape index (κ1) is 21.2. The molecule has 0 aliphatic rings. The molecule has 0 atom stereocenters. The van der Waals surface area contributed by atoms with Crippen molar-refractivity contribution in [1.29, 1.82) is 0 Å². The number of aryl methyl sites for hydroxylation is 4. The molecule has 0 aliphatic carbocycles. The Morgan fingerprint density at radius 2 is 1.45 bits per heavy atom. The van der Waals surface area contributed by atoms with Crippen molar-refractivity contribution in [3.8, 4) is 28.3 Å². The van der Waals surface area contributed by atoms with Crippen molar-refractivity contribution in [2.45, 2.75) is 34.2 Å². The second-order valence-electron chi connectivity index (χ2n) is 8.12. The van der Waals surface area contributed by atoms with Gasteiger partial charge in [-0.15, -0.1) is 0 Å². The van der Waals surface area contributed by atoms with Crippen LogP contribution in [0.3, 0.4) is 0 Å². The van der Waals surface area contributed by atoms with E-state index in [2.05, 4.69) is 70.2 Å². The lowest BCUT2D eigenvalue weighted by Gasteiger charge is -2.11. The van der Waals surface area contributed by atoms with Crippen LogP contribution in [0.4, 0.5) is 0 Å². The van der Waals surface area contributed by atoms with Crippen LogP contribution >= 0.6 is 11.6 Å². The van der Waals surface area contributed by atoms with Crippen molar-refractivity contribution in [3.05, 3.63) is 93.5 Å². The molecule has 4 aromatic rings. The van der Waals surface area contributed by atoms with E-state index in [-0.39, 0.29) is 0 Å². The molecule has 0 radical (unpaired) electrons. The number of benzene rings is 3. The van der Waals surface area contributed by atoms with E-state index in [4.69, 9.17) is 21.4 Å². The Morgan fingerprint density at radius 1 is 0.806 bits per heavy atom. The number of rotatable bonds is 5. The van der Waals surface area contributed by atoms with Crippen molar-refractivity contribution >= 4 is 11.6 Å². The van der Waals surface area contributed by atoms with Gasteiger partial charge in [-0.2, -0.15) is 5.10 Å². The molecule has 0 spiro atoms. The zero-order valence-corrected chi connectivity index (χ0v) is 19.4. The number of aromatic nitrogens is 2. The Labute approximate surface area is 189 Å². The summed E-state index contributed by atoms with van der Waals surface area (Å²) in [4.78, 5) is 0. The van der Waals surface area contributed by atoms with E-state index in [1.807, 2.05) is 22.9 Å². The summed E-state index contributed by atoms with van der Waals surface area (Å²) in [6, 6.07) is 20.9. The molecule has 0 bridgehead atoms. The number of hydrogen-bond donors (Lipinski definition) is 0. The highest BCUT2D eigenvalue weighted by atomic mass is 35.5.